The minimum absolute atomic E-state index is 0.0248. The molecule has 0 aromatic heterocycles. The number of thioether (sulfide) groups is 1. The maximum atomic E-state index is 13.6. The van der Waals surface area contributed by atoms with Gasteiger partial charge in [-0.25, -0.2) is 9.18 Å². The summed E-state index contributed by atoms with van der Waals surface area (Å²) in [4.78, 5) is 26.3. The van der Waals surface area contributed by atoms with E-state index in [2.05, 4.69) is 5.32 Å². The van der Waals surface area contributed by atoms with E-state index in [0.717, 1.165) is 12.8 Å². The van der Waals surface area contributed by atoms with Gasteiger partial charge in [-0.05, 0) is 51.7 Å². The summed E-state index contributed by atoms with van der Waals surface area (Å²) in [5, 5.41) is 2.80. The zero-order valence-electron chi connectivity index (χ0n) is 15.6. The van der Waals surface area contributed by atoms with Crippen LogP contribution < -0.4 is 5.32 Å². The molecule has 0 radical (unpaired) electrons. The highest BCUT2D eigenvalue weighted by Gasteiger charge is 2.24. The number of carbonyl (C=O) groups is 2. The Hall–Kier alpha value is -1.76. The summed E-state index contributed by atoms with van der Waals surface area (Å²) in [7, 11) is 0. The Labute approximate surface area is 158 Å². The van der Waals surface area contributed by atoms with E-state index in [-0.39, 0.29) is 17.5 Å². The summed E-state index contributed by atoms with van der Waals surface area (Å²) in [5.41, 5.74) is -0.504. The molecule has 1 saturated heterocycles. The Kier molecular flexibility index (Phi) is 7.32. The third-order valence-corrected chi connectivity index (χ3v) is 5.12. The van der Waals surface area contributed by atoms with Gasteiger partial charge in [0.1, 0.15) is 11.4 Å². The molecule has 1 aliphatic heterocycles. The van der Waals surface area contributed by atoms with Gasteiger partial charge in [0.25, 0.3) is 0 Å². The summed E-state index contributed by atoms with van der Waals surface area (Å²) < 4.78 is 18.8. The number of hydrogen-bond donors (Lipinski definition) is 1. The first kappa shape index (κ1) is 20.6. The molecule has 0 bridgehead atoms. The zero-order chi connectivity index (χ0) is 19.2. The number of rotatable bonds is 5. The van der Waals surface area contributed by atoms with Gasteiger partial charge >= 0.3 is 6.09 Å². The molecule has 1 fully saturated rings. The molecule has 144 valence electrons. The van der Waals surface area contributed by atoms with Crippen LogP contribution in [0.2, 0.25) is 0 Å². The molecule has 26 heavy (non-hydrogen) atoms. The van der Waals surface area contributed by atoms with Gasteiger partial charge in [0.05, 0.1) is 5.75 Å². The van der Waals surface area contributed by atoms with Crippen LogP contribution in [0.1, 0.15) is 33.6 Å². The molecule has 1 aliphatic rings. The highest BCUT2D eigenvalue weighted by Crippen LogP contribution is 2.23. The number of hydrogen-bond acceptors (Lipinski definition) is 4. The monoisotopic (exact) mass is 382 g/mol. The second-order valence-corrected chi connectivity index (χ2v) is 8.44. The Balaban J connectivity index is 1.68. The molecule has 1 aromatic carbocycles. The molecule has 0 saturated carbocycles. The number of piperidine rings is 1. The smallest absolute Gasteiger partial charge is 0.407 e. The second-order valence-electron chi connectivity index (χ2n) is 7.43. The molecule has 7 heteroatoms. The lowest BCUT2D eigenvalue weighted by Crippen LogP contribution is -2.43. The predicted octanol–water partition coefficient (Wildman–Crippen LogP) is 3.68. The van der Waals surface area contributed by atoms with Gasteiger partial charge in [0, 0.05) is 24.5 Å². The number of halogens is 1. The second kappa shape index (κ2) is 9.26. The summed E-state index contributed by atoms with van der Waals surface area (Å²) in [6.07, 6.45) is 1.27. The fourth-order valence-electron chi connectivity index (χ4n) is 2.72. The van der Waals surface area contributed by atoms with Crippen LogP contribution in [-0.2, 0) is 9.53 Å². The number of likely N-dealkylation sites (tertiary alicyclic amines) is 1. The van der Waals surface area contributed by atoms with Crippen molar-refractivity contribution in [2.75, 3.05) is 25.4 Å². The average Bonchev–Trinajstić information content (AvgIpc) is 2.58. The van der Waals surface area contributed by atoms with Crippen LogP contribution in [0.4, 0.5) is 9.18 Å². The number of carbonyl (C=O) groups excluding carboxylic acids is 2. The summed E-state index contributed by atoms with van der Waals surface area (Å²) in [6.45, 7) is 7.37. The first-order valence-electron chi connectivity index (χ1n) is 8.86. The lowest BCUT2D eigenvalue weighted by atomic mass is 9.97. The van der Waals surface area contributed by atoms with Crippen LogP contribution in [0.3, 0.4) is 0 Å². The molecule has 1 N–H and O–H groups in total. The van der Waals surface area contributed by atoms with Gasteiger partial charge in [0.15, 0.2) is 0 Å². The normalized spacial score (nSPS) is 15.6. The molecular formula is C19H27FN2O3S. The summed E-state index contributed by atoms with van der Waals surface area (Å²) in [6, 6.07) is 6.48. The highest BCUT2D eigenvalue weighted by atomic mass is 32.2. The fourth-order valence-corrected chi connectivity index (χ4v) is 3.56. The van der Waals surface area contributed by atoms with Gasteiger partial charge in [-0.2, -0.15) is 0 Å². The van der Waals surface area contributed by atoms with Crippen molar-refractivity contribution in [3.8, 4) is 0 Å². The van der Waals surface area contributed by atoms with Crippen LogP contribution in [0, 0.1) is 11.7 Å². The van der Waals surface area contributed by atoms with E-state index in [9.17, 15) is 14.0 Å². The molecule has 2 rings (SSSR count). The summed E-state index contributed by atoms with van der Waals surface area (Å²) >= 11 is 1.23. The fraction of sp³-hybridized carbons (Fsp3) is 0.579. The molecule has 0 spiro atoms. The lowest BCUT2D eigenvalue weighted by molar-refractivity contribution is -0.129. The molecule has 0 atom stereocenters. The van der Waals surface area contributed by atoms with Crippen LogP contribution in [0.5, 0.6) is 0 Å². The number of nitrogens with zero attached hydrogens (tertiary/aromatic N) is 1. The molecule has 1 aromatic rings. The Bertz CT molecular complexity index is 625. The third kappa shape index (κ3) is 6.86. The number of alkyl carbamates (subject to hydrolysis) is 1. The number of nitrogens with one attached hydrogen (secondary N) is 1. The number of amides is 2. The van der Waals surface area contributed by atoms with E-state index >= 15 is 0 Å². The molecule has 0 aliphatic carbocycles. The van der Waals surface area contributed by atoms with Crippen molar-refractivity contribution < 1.29 is 18.7 Å². The molecular weight excluding hydrogens is 355 g/mol. The van der Waals surface area contributed by atoms with E-state index in [1.165, 1.54) is 17.8 Å². The number of ether oxygens (including phenoxy) is 1. The van der Waals surface area contributed by atoms with Gasteiger partial charge in [-0.3, -0.25) is 4.79 Å². The zero-order valence-corrected chi connectivity index (χ0v) is 16.4. The molecule has 2 amide bonds. The van der Waals surface area contributed by atoms with Crippen LogP contribution in [-0.4, -0.2) is 47.9 Å². The molecule has 0 unspecified atom stereocenters. The quantitative estimate of drug-likeness (QED) is 0.789. The van der Waals surface area contributed by atoms with Crippen LogP contribution in [0.15, 0.2) is 29.2 Å². The van der Waals surface area contributed by atoms with Crippen molar-refractivity contribution in [1.82, 2.24) is 10.2 Å². The molecule has 5 nitrogen and oxygen atoms in total. The maximum Gasteiger partial charge on any atom is 0.407 e. The van der Waals surface area contributed by atoms with Crippen LogP contribution in [0.25, 0.3) is 0 Å². The third-order valence-electron chi connectivity index (χ3n) is 4.09. The van der Waals surface area contributed by atoms with Crippen molar-refractivity contribution in [2.45, 2.75) is 44.1 Å². The first-order chi connectivity index (χ1) is 12.2. The first-order valence-corrected chi connectivity index (χ1v) is 9.85. The van der Waals surface area contributed by atoms with Crippen molar-refractivity contribution in [2.24, 2.45) is 5.92 Å². The molecule has 1 heterocycles. The topological polar surface area (TPSA) is 58.6 Å². The van der Waals surface area contributed by atoms with Crippen molar-refractivity contribution in [1.29, 1.82) is 0 Å². The van der Waals surface area contributed by atoms with Crippen molar-refractivity contribution in [3.05, 3.63) is 30.1 Å². The SMILES string of the molecule is CC(C)(C)OC(=O)NCC1CCN(C(=O)CSc2ccccc2F)CC1. The lowest BCUT2D eigenvalue weighted by Gasteiger charge is -2.32. The minimum atomic E-state index is -0.504. The maximum absolute atomic E-state index is 13.6. The Morgan fingerprint density at radius 1 is 1.27 bits per heavy atom. The van der Waals surface area contributed by atoms with Crippen LogP contribution >= 0.6 is 11.8 Å². The van der Waals surface area contributed by atoms with Crippen molar-refractivity contribution in [3.63, 3.8) is 0 Å². The Morgan fingerprint density at radius 2 is 1.92 bits per heavy atom. The average molecular weight is 383 g/mol. The van der Waals surface area contributed by atoms with Gasteiger partial charge in [0.2, 0.25) is 5.91 Å². The van der Waals surface area contributed by atoms with E-state index < -0.39 is 11.7 Å². The van der Waals surface area contributed by atoms with E-state index in [1.54, 1.807) is 18.2 Å². The number of benzene rings is 1. The Morgan fingerprint density at radius 3 is 2.54 bits per heavy atom. The van der Waals surface area contributed by atoms with Gasteiger partial charge < -0.3 is 15.0 Å². The van der Waals surface area contributed by atoms with Gasteiger partial charge in [-0.1, -0.05) is 12.1 Å². The standard InChI is InChI=1S/C19H27FN2O3S/c1-19(2,3)25-18(24)21-12-14-8-10-22(11-9-14)17(23)13-26-16-7-5-4-6-15(16)20/h4-7,14H,8-13H2,1-3H3,(H,21,24). The predicted molar refractivity (Wildman–Crippen MR) is 101 cm³/mol. The van der Waals surface area contributed by atoms with E-state index in [4.69, 9.17) is 4.74 Å². The van der Waals surface area contributed by atoms with E-state index in [1.807, 2.05) is 25.7 Å². The largest absolute Gasteiger partial charge is 0.444 e. The highest BCUT2D eigenvalue weighted by molar-refractivity contribution is 8.00. The summed E-state index contributed by atoms with van der Waals surface area (Å²) in [5.74, 6) is 0.307. The van der Waals surface area contributed by atoms with Gasteiger partial charge in [-0.15, -0.1) is 11.8 Å². The van der Waals surface area contributed by atoms with Crippen molar-refractivity contribution >= 4 is 23.8 Å². The van der Waals surface area contributed by atoms with E-state index in [0.29, 0.717) is 30.4 Å². The minimum Gasteiger partial charge on any atom is -0.444 e.